The molecule has 0 bridgehead atoms. The lowest BCUT2D eigenvalue weighted by Gasteiger charge is -2.30. The van der Waals surface area contributed by atoms with E-state index in [4.69, 9.17) is 9.47 Å². The van der Waals surface area contributed by atoms with Crippen LogP contribution in [0.4, 0.5) is 0 Å². The van der Waals surface area contributed by atoms with Gasteiger partial charge >= 0.3 is 0 Å². The highest BCUT2D eigenvalue weighted by atomic mass is 16.5. The van der Waals surface area contributed by atoms with Crippen molar-refractivity contribution in [2.45, 2.75) is 31.8 Å². The fourth-order valence-corrected chi connectivity index (χ4v) is 3.42. The van der Waals surface area contributed by atoms with Gasteiger partial charge in [0.15, 0.2) is 0 Å². The first-order valence-corrected chi connectivity index (χ1v) is 9.48. The average Bonchev–Trinajstić information content (AvgIpc) is 2.96. The zero-order valence-corrected chi connectivity index (χ0v) is 16.3. The lowest BCUT2D eigenvalue weighted by atomic mass is 10.0. The van der Waals surface area contributed by atoms with Crippen molar-refractivity contribution in [3.8, 4) is 11.5 Å². The fourth-order valence-electron chi connectivity index (χ4n) is 3.42. The van der Waals surface area contributed by atoms with Crippen molar-refractivity contribution in [1.29, 1.82) is 0 Å². The summed E-state index contributed by atoms with van der Waals surface area (Å²) in [6.45, 7) is 1.01. The highest BCUT2D eigenvalue weighted by molar-refractivity contribution is 5.98. The predicted octanol–water partition coefficient (Wildman–Crippen LogP) is 3.01. The molecule has 3 rings (SSSR count). The Hall–Kier alpha value is -3.02. The van der Waals surface area contributed by atoms with E-state index >= 15 is 0 Å². The molecule has 148 valence electrons. The molecule has 1 aliphatic rings. The summed E-state index contributed by atoms with van der Waals surface area (Å²) in [5, 5.41) is 2.93. The van der Waals surface area contributed by atoms with Crippen LogP contribution in [0, 0.1) is 0 Å². The third-order valence-corrected chi connectivity index (χ3v) is 4.94. The molecular weight excluding hydrogens is 356 g/mol. The minimum absolute atomic E-state index is 0.100. The molecule has 1 fully saturated rings. The number of hydrogen-bond acceptors (Lipinski definition) is 4. The van der Waals surface area contributed by atoms with E-state index in [9.17, 15) is 9.59 Å². The number of carbonyl (C=O) groups is 2. The Balaban J connectivity index is 1.97. The molecule has 1 aliphatic heterocycles. The molecule has 0 aliphatic carbocycles. The highest BCUT2D eigenvalue weighted by Crippen LogP contribution is 2.26. The maximum atomic E-state index is 13.5. The Morgan fingerprint density at radius 3 is 2.39 bits per heavy atom. The number of rotatable bonds is 6. The zero-order valence-electron chi connectivity index (χ0n) is 16.3. The molecule has 0 radical (unpaired) electrons. The number of nitrogens with one attached hydrogen (secondary N) is 1. The van der Waals surface area contributed by atoms with Gasteiger partial charge in [0.1, 0.15) is 17.5 Å². The number of carbonyl (C=O) groups excluding carboxylic acids is 2. The molecule has 1 saturated heterocycles. The van der Waals surface area contributed by atoms with Crippen LogP contribution < -0.4 is 14.8 Å². The van der Waals surface area contributed by atoms with Crippen LogP contribution in [0.2, 0.25) is 0 Å². The third-order valence-electron chi connectivity index (χ3n) is 4.94. The van der Waals surface area contributed by atoms with E-state index in [-0.39, 0.29) is 11.8 Å². The van der Waals surface area contributed by atoms with Crippen molar-refractivity contribution in [1.82, 2.24) is 10.2 Å². The van der Waals surface area contributed by atoms with E-state index in [0.717, 1.165) is 18.4 Å². The number of ether oxygens (including phenoxy) is 2. The van der Waals surface area contributed by atoms with Crippen molar-refractivity contribution < 1.29 is 19.1 Å². The summed E-state index contributed by atoms with van der Waals surface area (Å²) in [5.74, 6) is 0.750. The van der Waals surface area contributed by atoms with Crippen molar-refractivity contribution in [3.63, 3.8) is 0 Å². The Kier molecular flexibility index (Phi) is 6.53. The Morgan fingerprint density at radius 1 is 1.07 bits per heavy atom. The number of hydrogen-bond donors (Lipinski definition) is 1. The summed E-state index contributed by atoms with van der Waals surface area (Å²) < 4.78 is 10.6. The van der Waals surface area contributed by atoms with Crippen LogP contribution in [0.1, 0.15) is 35.2 Å². The van der Waals surface area contributed by atoms with Gasteiger partial charge < -0.3 is 19.7 Å². The van der Waals surface area contributed by atoms with E-state index in [0.29, 0.717) is 36.6 Å². The minimum Gasteiger partial charge on any atom is -0.497 e. The van der Waals surface area contributed by atoms with Crippen molar-refractivity contribution >= 4 is 11.8 Å². The first-order chi connectivity index (χ1) is 13.6. The molecule has 2 aromatic carbocycles. The molecule has 1 unspecified atom stereocenters. The summed E-state index contributed by atoms with van der Waals surface area (Å²) in [5.41, 5.74) is 1.41. The molecule has 2 amide bonds. The summed E-state index contributed by atoms with van der Waals surface area (Å²) >= 11 is 0. The van der Waals surface area contributed by atoms with Crippen molar-refractivity contribution in [2.24, 2.45) is 0 Å². The normalized spacial score (nSPS) is 16.6. The van der Waals surface area contributed by atoms with E-state index in [2.05, 4.69) is 5.32 Å². The SMILES string of the molecule is COc1cc(OC)cc(C(=O)N(Cc2ccccc2)C2CCCCNC2=O)c1. The number of methoxy groups -OCH3 is 2. The van der Waals surface area contributed by atoms with Gasteiger partial charge in [-0.2, -0.15) is 0 Å². The standard InChI is InChI=1S/C22H26N2O4/c1-27-18-12-17(13-19(14-18)28-2)22(26)24(15-16-8-4-3-5-9-16)20-10-6-7-11-23-21(20)25/h3-5,8-9,12-14,20H,6-7,10-11,15H2,1-2H3,(H,23,25). The fraction of sp³-hybridized carbons (Fsp3) is 0.364. The van der Waals surface area contributed by atoms with Gasteiger partial charge in [-0.3, -0.25) is 9.59 Å². The monoisotopic (exact) mass is 382 g/mol. The molecule has 6 nitrogen and oxygen atoms in total. The van der Waals surface area contributed by atoms with E-state index in [1.807, 2.05) is 30.3 Å². The highest BCUT2D eigenvalue weighted by Gasteiger charge is 2.31. The van der Waals surface area contributed by atoms with E-state index in [1.54, 1.807) is 37.3 Å². The van der Waals surface area contributed by atoms with Gasteiger partial charge in [-0.25, -0.2) is 0 Å². The third kappa shape index (κ3) is 4.63. The number of benzene rings is 2. The van der Waals surface area contributed by atoms with Crippen molar-refractivity contribution in [2.75, 3.05) is 20.8 Å². The molecule has 0 saturated carbocycles. The maximum Gasteiger partial charge on any atom is 0.255 e. The second-order valence-electron chi connectivity index (χ2n) is 6.82. The number of amides is 2. The molecule has 1 N–H and O–H groups in total. The summed E-state index contributed by atoms with van der Waals surface area (Å²) in [7, 11) is 3.09. The molecule has 28 heavy (non-hydrogen) atoms. The molecule has 2 aromatic rings. The minimum atomic E-state index is -0.507. The lowest BCUT2D eigenvalue weighted by molar-refractivity contribution is -0.125. The maximum absolute atomic E-state index is 13.5. The van der Waals surface area contributed by atoms with E-state index in [1.165, 1.54) is 0 Å². The molecule has 6 heteroatoms. The topological polar surface area (TPSA) is 67.9 Å². The molecule has 0 spiro atoms. The molecule has 1 atom stereocenters. The van der Waals surface area contributed by atoms with Gasteiger partial charge in [0.25, 0.3) is 5.91 Å². The summed E-state index contributed by atoms with van der Waals surface area (Å²) in [4.78, 5) is 27.8. The smallest absolute Gasteiger partial charge is 0.255 e. The van der Waals surface area contributed by atoms with Crippen LogP contribution in [-0.2, 0) is 11.3 Å². The van der Waals surface area contributed by atoms with E-state index < -0.39 is 6.04 Å². The first kappa shape index (κ1) is 19.7. The zero-order chi connectivity index (χ0) is 19.9. The number of nitrogens with zero attached hydrogens (tertiary/aromatic N) is 1. The van der Waals surface area contributed by atoms with Crippen molar-refractivity contribution in [3.05, 3.63) is 59.7 Å². The second kappa shape index (κ2) is 9.26. The molecule has 1 heterocycles. The van der Waals surface area contributed by atoms with Crippen LogP contribution in [0.15, 0.2) is 48.5 Å². The van der Waals surface area contributed by atoms with Gasteiger partial charge in [-0.1, -0.05) is 30.3 Å². The van der Waals surface area contributed by atoms with Crippen LogP contribution in [0.25, 0.3) is 0 Å². The van der Waals surface area contributed by atoms with Crippen LogP contribution in [0.3, 0.4) is 0 Å². The predicted molar refractivity (Wildman–Crippen MR) is 107 cm³/mol. The average molecular weight is 382 g/mol. The molecular formula is C22H26N2O4. The largest absolute Gasteiger partial charge is 0.497 e. The van der Waals surface area contributed by atoms with Gasteiger partial charge in [0.2, 0.25) is 5.91 Å². The Bertz CT molecular complexity index is 800. The van der Waals surface area contributed by atoms with Gasteiger partial charge in [0.05, 0.1) is 14.2 Å². The van der Waals surface area contributed by atoms with Gasteiger partial charge in [-0.05, 0) is 37.0 Å². The second-order valence-corrected chi connectivity index (χ2v) is 6.82. The first-order valence-electron chi connectivity index (χ1n) is 9.48. The Labute approximate surface area is 165 Å². The quantitative estimate of drug-likeness (QED) is 0.834. The van der Waals surface area contributed by atoms with Crippen LogP contribution in [-0.4, -0.2) is 43.5 Å². The van der Waals surface area contributed by atoms with Crippen LogP contribution >= 0.6 is 0 Å². The summed E-state index contributed by atoms with van der Waals surface area (Å²) in [6.07, 6.45) is 2.46. The van der Waals surface area contributed by atoms with Gasteiger partial charge in [0, 0.05) is 24.7 Å². The Morgan fingerprint density at radius 2 is 1.75 bits per heavy atom. The van der Waals surface area contributed by atoms with Gasteiger partial charge in [-0.15, -0.1) is 0 Å². The van der Waals surface area contributed by atoms with Crippen LogP contribution in [0.5, 0.6) is 11.5 Å². The lowest BCUT2D eigenvalue weighted by Crippen LogP contribution is -2.48. The summed E-state index contributed by atoms with van der Waals surface area (Å²) in [6, 6.07) is 14.3. The molecule has 0 aromatic heterocycles.